The van der Waals surface area contributed by atoms with Gasteiger partial charge in [-0.1, -0.05) is 17.3 Å². The van der Waals surface area contributed by atoms with Crippen molar-refractivity contribution < 1.29 is 52.8 Å². The van der Waals surface area contributed by atoms with Crippen molar-refractivity contribution in [3.05, 3.63) is 24.3 Å². The molecule has 0 fully saturated rings. The Balaban J connectivity index is 0.000000605. The van der Waals surface area contributed by atoms with Crippen LogP contribution in [-0.2, 0) is 7.05 Å². The number of para-hydroxylation sites is 1. The van der Waals surface area contributed by atoms with Crippen molar-refractivity contribution in [1.82, 2.24) is 15.0 Å². The summed E-state index contributed by atoms with van der Waals surface area (Å²) < 4.78 is 1.76. The second-order valence-electron chi connectivity index (χ2n) is 2.20. The molecule has 1 heterocycles. The Hall–Kier alpha value is 0.256. The van der Waals surface area contributed by atoms with Crippen LogP contribution in [0.5, 0.6) is 0 Å². The fraction of sp³-hybridized carbons (Fsp3) is 0.143. The number of aromatic nitrogens is 3. The zero-order valence-electron chi connectivity index (χ0n) is 7.65. The molecule has 0 bridgehead atoms. The predicted molar refractivity (Wildman–Crippen MR) is 39.6 cm³/mol. The van der Waals surface area contributed by atoms with Crippen LogP contribution >= 0.6 is 0 Å². The molecule has 2 rings (SSSR count). The van der Waals surface area contributed by atoms with Gasteiger partial charge in [0.25, 0.3) is 0 Å². The zero-order valence-corrected chi connectivity index (χ0v) is 9.77. The van der Waals surface area contributed by atoms with Gasteiger partial charge >= 0.3 is 51.4 Å². The summed E-state index contributed by atoms with van der Waals surface area (Å²) in [6.45, 7) is 0. The fourth-order valence-electron chi connectivity index (χ4n) is 0.986. The number of aryl methyl sites for hydroxylation is 1. The number of hydrogen-bond donors (Lipinski definition) is 0. The van der Waals surface area contributed by atoms with Crippen molar-refractivity contribution in [2.75, 3.05) is 0 Å². The maximum absolute atomic E-state index is 3.93. The van der Waals surface area contributed by atoms with E-state index in [2.05, 4.69) is 10.3 Å². The maximum atomic E-state index is 3.93. The standard InChI is InChI=1S/C7H7N3.K.H/c1-10-7-5-3-2-4-6(7)8-9-10;;/h2-5H,1H3;;/q;+1;-1. The van der Waals surface area contributed by atoms with E-state index in [1.165, 1.54) is 0 Å². The van der Waals surface area contributed by atoms with E-state index in [4.69, 9.17) is 0 Å². The minimum absolute atomic E-state index is 0. The Bertz CT molecular complexity index is 360. The summed E-state index contributed by atoms with van der Waals surface area (Å²) in [6.07, 6.45) is 0. The summed E-state index contributed by atoms with van der Waals surface area (Å²) in [5.74, 6) is 0. The zero-order chi connectivity index (χ0) is 6.97. The summed E-state index contributed by atoms with van der Waals surface area (Å²) >= 11 is 0. The van der Waals surface area contributed by atoms with Crippen LogP contribution in [0.15, 0.2) is 24.3 Å². The molecule has 2 aromatic rings. The number of hydrogen-bond acceptors (Lipinski definition) is 2. The first-order chi connectivity index (χ1) is 4.88. The summed E-state index contributed by atoms with van der Waals surface area (Å²) in [6, 6.07) is 7.88. The van der Waals surface area contributed by atoms with E-state index in [-0.39, 0.29) is 52.8 Å². The van der Waals surface area contributed by atoms with Gasteiger partial charge in [-0.3, -0.25) is 0 Å². The van der Waals surface area contributed by atoms with E-state index in [1.54, 1.807) is 4.68 Å². The molecule has 0 radical (unpaired) electrons. The molecule has 4 heteroatoms. The van der Waals surface area contributed by atoms with Crippen molar-refractivity contribution in [2.45, 2.75) is 0 Å². The van der Waals surface area contributed by atoms with E-state index >= 15 is 0 Å². The molecule has 0 saturated heterocycles. The van der Waals surface area contributed by atoms with E-state index in [0.29, 0.717) is 0 Å². The maximum Gasteiger partial charge on any atom is 1.00 e. The molecule has 0 amide bonds. The van der Waals surface area contributed by atoms with Crippen molar-refractivity contribution in [3.8, 4) is 0 Å². The van der Waals surface area contributed by atoms with Crippen LogP contribution in [0.2, 0.25) is 0 Å². The van der Waals surface area contributed by atoms with E-state index in [9.17, 15) is 0 Å². The fourth-order valence-corrected chi connectivity index (χ4v) is 0.986. The van der Waals surface area contributed by atoms with Crippen LogP contribution in [0.4, 0.5) is 0 Å². The predicted octanol–water partition coefficient (Wildman–Crippen LogP) is -1.92. The van der Waals surface area contributed by atoms with Crippen molar-refractivity contribution in [3.63, 3.8) is 0 Å². The first-order valence-corrected chi connectivity index (χ1v) is 3.12. The van der Waals surface area contributed by atoms with Gasteiger partial charge in [-0.25, -0.2) is 4.68 Å². The van der Waals surface area contributed by atoms with Crippen LogP contribution in [0.3, 0.4) is 0 Å². The van der Waals surface area contributed by atoms with Crippen LogP contribution < -0.4 is 51.4 Å². The van der Waals surface area contributed by atoms with Gasteiger partial charge in [-0.15, -0.1) is 5.10 Å². The molecule has 1 aromatic carbocycles. The molecular weight excluding hydrogens is 165 g/mol. The van der Waals surface area contributed by atoms with Gasteiger partial charge in [0.05, 0.1) is 5.52 Å². The summed E-state index contributed by atoms with van der Waals surface area (Å²) in [5.41, 5.74) is 2.02. The van der Waals surface area contributed by atoms with E-state index in [1.807, 2.05) is 31.3 Å². The van der Waals surface area contributed by atoms with Gasteiger partial charge in [0.1, 0.15) is 5.52 Å². The molecule has 52 valence electrons. The molecule has 0 aliphatic carbocycles. The molecular formula is C7H8KN3. The quantitative estimate of drug-likeness (QED) is 0.435. The van der Waals surface area contributed by atoms with Crippen LogP contribution in [0.25, 0.3) is 11.0 Å². The largest absolute Gasteiger partial charge is 1.00 e. The van der Waals surface area contributed by atoms with Crippen LogP contribution in [-0.4, -0.2) is 15.0 Å². The van der Waals surface area contributed by atoms with Gasteiger partial charge in [0.2, 0.25) is 0 Å². The normalized spacial score (nSPS) is 9.55. The minimum atomic E-state index is 0. The van der Waals surface area contributed by atoms with Gasteiger partial charge in [0, 0.05) is 7.05 Å². The Morgan fingerprint density at radius 3 is 2.82 bits per heavy atom. The van der Waals surface area contributed by atoms with Gasteiger partial charge in [0.15, 0.2) is 0 Å². The number of rotatable bonds is 0. The molecule has 0 atom stereocenters. The van der Waals surface area contributed by atoms with Crippen molar-refractivity contribution in [1.29, 1.82) is 0 Å². The second kappa shape index (κ2) is 3.78. The number of fused-ring (bicyclic) bond motifs is 1. The molecule has 1 aromatic heterocycles. The Morgan fingerprint density at radius 1 is 1.36 bits per heavy atom. The van der Waals surface area contributed by atoms with Crippen molar-refractivity contribution in [2.24, 2.45) is 7.05 Å². The summed E-state index contributed by atoms with van der Waals surface area (Å²) in [5, 5.41) is 7.79. The van der Waals surface area contributed by atoms with Crippen molar-refractivity contribution >= 4 is 11.0 Å². The Morgan fingerprint density at radius 2 is 2.09 bits per heavy atom. The molecule has 3 nitrogen and oxygen atoms in total. The average Bonchev–Trinajstić information content (AvgIpc) is 2.34. The number of nitrogens with zero attached hydrogens (tertiary/aromatic N) is 3. The van der Waals surface area contributed by atoms with E-state index < -0.39 is 0 Å². The monoisotopic (exact) mass is 173 g/mol. The second-order valence-corrected chi connectivity index (χ2v) is 2.20. The topological polar surface area (TPSA) is 30.7 Å². The Kier molecular flexibility index (Phi) is 3.21. The minimum Gasteiger partial charge on any atom is -1.00 e. The Labute approximate surface area is 109 Å². The molecule has 0 aliphatic rings. The molecule has 0 aliphatic heterocycles. The molecule has 0 saturated carbocycles. The molecule has 0 N–H and O–H groups in total. The van der Waals surface area contributed by atoms with Gasteiger partial charge in [-0.2, -0.15) is 0 Å². The van der Waals surface area contributed by atoms with Gasteiger partial charge < -0.3 is 1.43 Å². The van der Waals surface area contributed by atoms with Crippen LogP contribution in [0, 0.1) is 0 Å². The summed E-state index contributed by atoms with van der Waals surface area (Å²) in [7, 11) is 1.88. The number of benzene rings is 1. The third kappa shape index (κ3) is 1.70. The smallest absolute Gasteiger partial charge is 1.00 e. The molecule has 0 unspecified atom stereocenters. The van der Waals surface area contributed by atoms with E-state index in [0.717, 1.165) is 11.0 Å². The third-order valence-corrected chi connectivity index (χ3v) is 1.52. The average molecular weight is 173 g/mol. The first kappa shape index (κ1) is 9.35. The third-order valence-electron chi connectivity index (χ3n) is 1.52. The first-order valence-electron chi connectivity index (χ1n) is 3.12. The molecule has 11 heavy (non-hydrogen) atoms. The van der Waals surface area contributed by atoms with Crippen LogP contribution in [0.1, 0.15) is 1.43 Å². The SMILES string of the molecule is Cn1nnc2ccccc21.[H-].[K+]. The summed E-state index contributed by atoms with van der Waals surface area (Å²) in [4.78, 5) is 0. The molecule has 0 spiro atoms. The van der Waals surface area contributed by atoms with Gasteiger partial charge in [-0.05, 0) is 12.1 Å².